The van der Waals surface area contributed by atoms with E-state index < -0.39 is 0 Å². The van der Waals surface area contributed by atoms with Crippen LogP contribution in [0.4, 0.5) is 34.1 Å². The molecule has 4 heteroatoms. The summed E-state index contributed by atoms with van der Waals surface area (Å²) in [6.45, 7) is 4.46. The highest BCUT2D eigenvalue weighted by atomic mass is 16.3. The second-order valence-electron chi connectivity index (χ2n) is 17.0. The van der Waals surface area contributed by atoms with Crippen LogP contribution >= 0.6 is 0 Å². The molecule has 314 valence electrons. The first kappa shape index (κ1) is 39.0. The minimum absolute atomic E-state index is 0.874. The number of hydrogen-bond donors (Lipinski definition) is 0. The number of benzene rings is 10. The molecule has 0 fully saturated rings. The van der Waals surface area contributed by atoms with Gasteiger partial charge in [0.25, 0.3) is 0 Å². The van der Waals surface area contributed by atoms with Crippen LogP contribution in [0.2, 0.25) is 0 Å². The second-order valence-corrected chi connectivity index (χ2v) is 17.0. The van der Waals surface area contributed by atoms with Crippen molar-refractivity contribution in [2.24, 2.45) is 0 Å². The molecule has 0 amide bonds. The normalized spacial score (nSPS) is 11.5. The van der Waals surface area contributed by atoms with Gasteiger partial charge in [-0.1, -0.05) is 146 Å². The first-order valence-corrected chi connectivity index (χ1v) is 22.5. The van der Waals surface area contributed by atoms with E-state index in [1.165, 1.54) is 22.3 Å². The van der Waals surface area contributed by atoms with Crippen molar-refractivity contribution in [1.82, 2.24) is 0 Å². The molecule has 12 rings (SSSR count). The molecular formula is C62H44N2O2. The highest BCUT2D eigenvalue weighted by Gasteiger charge is 2.22. The molecule has 0 radical (unpaired) electrons. The summed E-state index contributed by atoms with van der Waals surface area (Å²) >= 11 is 0. The fraction of sp³-hybridized carbons (Fsp3) is 0.0323. The van der Waals surface area contributed by atoms with Crippen molar-refractivity contribution in [1.29, 1.82) is 0 Å². The predicted octanol–water partition coefficient (Wildman–Crippen LogP) is 18.0. The van der Waals surface area contributed by atoms with Gasteiger partial charge in [0.15, 0.2) is 0 Å². The van der Waals surface area contributed by atoms with Gasteiger partial charge in [-0.25, -0.2) is 0 Å². The number of furan rings is 2. The van der Waals surface area contributed by atoms with Gasteiger partial charge in [-0.05, 0) is 132 Å². The predicted molar refractivity (Wildman–Crippen MR) is 276 cm³/mol. The molecule has 2 aromatic heterocycles. The molecule has 10 aromatic carbocycles. The van der Waals surface area contributed by atoms with Crippen LogP contribution in [0.15, 0.2) is 239 Å². The molecule has 0 spiro atoms. The maximum absolute atomic E-state index is 6.29. The van der Waals surface area contributed by atoms with Crippen LogP contribution in [0.5, 0.6) is 0 Å². The van der Waals surface area contributed by atoms with Crippen molar-refractivity contribution in [3.8, 4) is 33.4 Å². The van der Waals surface area contributed by atoms with Gasteiger partial charge in [0.2, 0.25) is 0 Å². The zero-order chi connectivity index (χ0) is 44.1. The van der Waals surface area contributed by atoms with E-state index in [0.717, 1.165) is 100 Å². The van der Waals surface area contributed by atoms with Gasteiger partial charge in [0, 0.05) is 55.4 Å². The minimum Gasteiger partial charge on any atom is -0.456 e. The van der Waals surface area contributed by atoms with E-state index in [-0.39, 0.29) is 0 Å². The Kier molecular flexibility index (Phi) is 9.57. The summed E-state index contributed by atoms with van der Waals surface area (Å²) in [5.41, 5.74) is 19.4. The van der Waals surface area contributed by atoms with Crippen molar-refractivity contribution in [3.05, 3.63) is 242 Å². The molecule has 4 nitrogen and oxygen atoms in total. The number of aryl methyl sites for hydroxylation is 2. The molecule has 66 heavy (non-hydrogen) atoms. The van der Waals surface area contributed by atoms with Crippen LogP contribution in [0.1, 0.15) is 11.1 Å². The molecule has 0 saturated carbocycles. The van der Waals surface area contributed by atoms with Crippen LogP contribution in [0.25, 0.3) is 77.3 Å². The molecule has 0 saturated heterocycles. The van der Waals surface area contributed by atoms with Crippen molar-refractivity contribution < 1.29 is 8.83 Å². The highest BCUT2D eigenvalue weighted by Crippen LogP contribution is 2.46. The Labute approximate surface area is 383 Å². The Hall–Kier alpha value is -8.60. The summed E-state index contributed by atoms with van der Waals surface area (Å²) in [6, 6.07) is 82.1. The summed E-state index contributed by atoms with van der Waals surface area (Å²) in [7, 11) is 0. The molecule has 2 heterocycles. The van der Waals surface area contributed by atoms with Crippen LogP contribution in [-0.2, 0) is 0 Å². The first-order chi connectivity index (χ1) is 32.6. The number of para-hydroxylation sites is 4. The fourth-order valence-corrected chi connectivity index (χ4v) is 9.80. The molecule has 0 aliphatic carbocycles. The Balaban J connectivity index is 0.979. The number of nitrogens with zero attached hydrogens (tertiary/aromatic N) is 2. The van der Waals surface area contributed by atoms with Gasteiger partial charge in [0.05, 0.1) is 11.4 Å². The quantitative estimate of drug-likeness (QED) is 0.145. The average molecular weight is 849 g/mol. The number of anilines is 6. The minimum atomic E-state index is 0.874. The number of fused-ring (bicyclic) bond motifs is 6. The molecule has 0 N–H and O–H groups in total. The molecular weight excluding hydrogens is 805 g/mol. The standard InChI is InChI=1S/C62H44N2O2/c1-41-37-45(63(57-25-13-9-21-51(57)43-17-5-3-6-18-43)47-31-35-61-55(39-47)53-23-11-15-27-59(53)65-61)29-33-49(41)50-34-30-46(38-42(50)2)64(58-26-14-10-22-52(58)44-19-7-4-8-20-44)48-32-36-62-56(40-48)54-24-12-16-28-60(54)66-62/h3-40H,1-2H3. The molecule has 0 aliphatic rings. The Morgan fingerprint density at radius 2 is 0.621 bits per heavy atom. The molecule has 0 atom stereocenters. The highest BCUT2D eigenvalue weighted by molar-refractivity contribution is 6.08. The van der Waals surface area contributed by atoms with Crippen molar-refractivity contribution in [2.45, 2.75) is 13.8 Å². The lowest BCUT2D eigenvalue weighted by Crippen LogP contribution is -2.12. The monoisotopic (exact) mass is 848 g/mol. The van der Waals surface area contributed by atoms with E-state index in [2.05, 4.69) is 230 Å². The van der Waals surface area contributed by atoms with Crippen LogP contribution in [0, 0.1) is 13.8 Å². The van der Waals surface area contributed by atoms with E-state index in [1.54, 1.807) is 0 Å². The van der Waals surface area contributed by atoms with Gasteiger partial charge < -0.3 is 18.6 Å². The third-order valence-corrected chi connectivity index (χ3v) is 12.9. The Morgan fingerprint density at radius 3 is 1.06 bits per heavy atom. The third-order valence-electron chi connectivity index (χ3n) is 12.9. The van der Waals surface area contributed by atoms with E-state index >= 15 is 0 Å². The summed E-state index contributed by atoms with van der Waals surface area (Å²) in [5, 5.41) is 4.39. The molecule has 0 unspecified atom stereocenters. The maximum Gasteiger partial charge on any atom is 0.135 e. The Morgan fingerprint density at radius 1 is 0.273 bits per heavy atom. The maximum atomic E-state index is 6.29. The second kappa shape index (κ2) is 16.2. The first-order valence-electron chi connectivity index (χ1n) is 22.5. The van der Waals surface area contributed by atoms with E-state index in [4.69, 9.17) is 8.83 Å². The molecule has 0 aliphatic heterocycles. The zero-order valence-corrected chi connectivity index (χ0v) is 36.7. The summed E-state index contributed by atoms with van der Waals surface area (Å²) in [4.78, 5) is 4.77. The SMILES string of the molecule is Cc1cc(N(c2ccc3oc4ccccc4c3c2)c2ccccc2-c2ccccc2)ccc1-c1ccc(N(c2ccc3oc4ccccc4c3c2)c2ccccc2-c2ccccc2)cc1C. The van der Waals surface area contributed by atoms with E-state index in [0.29, 0.717) is 0 Å². The lowest BCUT2D eigenvalue weighted by molar-refractivity contribution is 0.668. The van der Waals surface area contributed by atoms with Gasteiger partial charge in [-0.15, -0.1) is 0 Å². The average Bonchev–Trinajstić information content (AvgIpc) is 3.93. The summed E-state index contributed by atoms with van der Waals surface area (Å²) < 4.78 is 12.6. The largest absolute Gasteiger partial charge is 0.456 e. The molecule has 0 bridgehead atoms. The van der Waals surface area contributed by atoms with Gasteiger partial charge in [-0.2, -0.15) is 0 Å². The lowest BCUT2D eigenvalue weighted by atomic mass is 9.94. The zero-order valence-electron chi connectivity index (χ0n) is 36.7. The smallest absolute Gasteiger partial charge is 0.135 e. The van der Waals surface area contributed by atoms with Gasteiger partial charge >= 0.3 is 0 Å². The fourth-order valence-electron chi connectivity index (χ4n) is 9.80. The van der Waals surface area contributed by atoms with E-state index in [9.17, 15) is 0 Å². The van der Waals surface area contributed by atoms with Gasteiger partial charge in [-0.3, -0.25) is 0 Å². The van der Waals surface area contributed by atoms with Crippen molar-refractivity contribution in [3.63, 3.8) is 0 Å². The molecule has 12 aromatic rings. The summed E-state index contributed by atoms with van der Waals surface area (Å²) in [5.74, 6) is 0. The van der Waals surface area contributed by atoms with Crippen molar-refractivity contribution in [2.75, 3.05) is 9.80 Å². The number of hydrogen-bond acceptors (Lipinski definition) is 4. The van der Waals surface area contributed by atoms with Crippen LogP contribution in [-0.4, -0.2) is 0 Å². The van der Waals surface area contributed by atoms with E-state index in [1.807, 2.05) is 24.3 Å². The van der Waals surface area contributed by atoms with Crippen molar-refractivity contribution >= 4 is 78.0 Å². The number of rotatable bonds is 9. The third kappa shape index (κ3) is 6.79. The summed E-state index contributed by atoms with van der Waals surface area (Å²) in [6.07, 6.45) is 0. The topological polar surface area (TPSA) is 32.8 Å². The van der Waals surface area contributed by atoms with Crippen LogP contribution < -0.4 is 9.80 Å². The lowest BCUT2D eigenvalue weighted by Gasteiger charge is -2.29. The van der Waals surface area contributed by atoms with Gasteiger partial charge in [0.1, 0.15) is 22.3 Å². The van der Waals surface area contributed by atoms with Crippen LogP contribution in [0.3, 0.4) is 0 Å². The Bertz CT molecular complexity index is 3500.